The summed E-state index contributed by atoms with van der Waals surface area (Å²) in [5.41, 5.74) is 0. The van der Waals surface area contributed by atoms with Gasteiger partial charge in [-0.25, -0.2) is 0 Å². The third-order valence-corrected chi connectivity index (χ3v) is 6.77. The zero-order valence-electron chi connectivity index (χ0n) is 11.2. The molecule has 0 aliphatic carbocycles. The number of ketones is 1. The molecule has 1 unspecified atom stereocenters. The molecule has 4 heteroatoms. The highest BCUT2D eigenvalue weighted by atomic mass is 127. The molecule has 1 N–H and O–H groups in total. The van der Waals surface area contributed by atoms with E-state index in [-0.39, 0.29) is 20.1 Å². The van der Waals surface area contributed by atoms with Crippen molar-refractivity contribution in [3.63, 3.8) is 0 Å². The Morgan fingerprint density at radius 2 is 1.59 bits per heavy atom. The van der Waals surface area contributed by atoms with Crippen molar-refractivity contribution in [2.24, 2.45) is 0 Å². The van der Waals surface area contributed by atoms with Crippen LogP contribution >= 0.6 is 31.8 Å². The van der Waals surface area contributed by atoms with E-state index < -0.39 is 0 Å². The zero-order valence-corrected chi connectivity index (χ0v) is 14.5. The summed E-state index contributed by atoms with van der Waals surface area (Å²) in [5.74, 6) is 0.217. The number of carbonyl (C=O) groups excluding carboxylic acids is 1. The summed E-state index contributed by atoms with van der Waals surface area (Å²) in [4.78, 5) is 12.2. The van der Waals surface area contributed by atoms with E-state index in [0.29, 0.717) is 0 Å². The molecule has 0 amide bonds. The molecule has 0 fully saturated rings. The summed E-state index contributed by atoms with van der Waals surface area (Å²) < 4.78 is -0.376. The fraction of sp³-hybridized carbons (Fsp3) is 0.769. The van der Waals surface area contributed by atoms with Crippen molar-refractivity contribution >= 4 is 37.6 Å². The smallest absolute Gasteiger partial charge is 0.174 e. The minimum atomic E-state index is -0.376. The molecule has 2 nitrogen and oxygen atoms in total. The van der Waals surface area contributed by atoms with Gasteiger partial charge >= 0.3 is 0 Å². The lowest BCUT2D eigenvalue weighted by Gasteiger charge is -2.27. The molecule has 0 aromatic carbocycles. The van der Waals surface area contributed by atoms with Gasteiger partial charge in [0, 0.05) is 11.2 Å². The van der Waals surface area contributed by atoms with Gasteiger partial charge in [-0.05, 0) is 25.7 Å². The number of carbonyl (C=O) groups is 1. The lowest BCUT2D eigenvalue weighted by Crippen LogP contribution is -2.31. The second kappa shape index (κ2) is 7.08. The number of aliphatic hydroxyl groups is 1. The van der Waals surface area contributed by atoms with Crippen molar-refractivity contribution in [1.29, 1.82) is 0 Å². The third kappa shape index (κ3) is 4.20. The van der Waals surface area contributed by atoms with E-state index in [2.05, 4.69) is 31.8 Å². The molecule has 0 aliphatic rings. The molecule has 0 aliphatic heterocycles. The summed E-state index contributed by atoms with van der Waals surface area (Å²) in [6, 6.07) is 0. The maximum atomic E-state index is 12.2. The van der Waals surface area contributed by atoms with E-state index in [0.717, 1.165) is 25.7 Å². The van der Waals surface area contributed by atoms with Crippen molar-refractivity contribution in [2.75, 3.05) is 0 Å². The molecule has 100 valence electrons. The second-order valence-electron chi connectivity index (χ2n) is 4.43. The average molecular weight is 370 g/mol. The number of alkyl halides is 1. The summed E-state index contributed by atoms with van der Waals surface area (Å²) in [5, 5.41) is 9.76. The molecular weight excluding hydrogens is 346 g/mol. The van der Waals surface area contributed by atoms with E-state index in [1.165, 1.54) is 6.08 Å². The zero-order chi connectivity index (χ0) is 13.7. The van der Waals surface area contributed by atoms with Crippen LogP contribution in [-0.2, 0) is 4.79 Å². The van der Waals surface area contributed by atoms with Crippen molar-refractivity contribution < 1.29 is 9.90 Å². The summed E-state index contributed by atoms with van der Waals surface area (Å²) >= 11 is 2.20. The van der Waals surface area contributed by atoms with E-state index >= 15 is 0 Å². The van der Waals surface area contributed by atoms with Crippen LogP contribution in [0.4, 0.5) is 0 Å². The monoisotopic (exact) mass is 370 g/mol. The summed E-state index contributed by atoms with van der Waals surface area (Å²) in [6.07, 6.45) is 4.61. The molecular formula is C13H24IO2P. The minimum Gasteiger partial charge on any atom is -0.511 e. The van der Waals surface area contributed by atoms with Crippen LogP contribution < -0.4 is 0 Å². The van der Waals surface area contributed by atoms with Gasteiger partial charge in [-0.1, -0.05) is 50.3 Å². The van der Waals surface area contributed by atoms with Crippen LogP contribution in [0.2, 0.25) is 0 Å². The molecule has 0 saturated heterocycles. The van der Waals surface area contributed by atoms with E-state index in [1.807, 2.05) is 27.7 Å². The van der Waals surface area contributed by atoms with Crippen LogP contribution in [0.1, 0.15) is 53.4 Å². The molecule has 17 heavy (non-hydrogen) atoms. The second-order valence-corrected chi connectivity index (χ2v) is 7.60. The lowest BCUT2D eigenvalue weighted by molar-refractivity contribution is -0.116. The van der Waals surface area contributed by atoms with Crippen molar-refractivity contribution in [3.8, 4) is 0 Å². The van der Waals surface area contributed by atoms with Crippen molar-refractivity contribution in [3.05, 3.63) is 11.8 Å². The van der Waals surface area contributed by atoms with Crippen molar-refractivity contribution in [1.82, 2.24) is 0 Å². The highest BCUT2D eigenvalue weighted by Crippen LogP contribution is 2.35. The normalized spacial score (nSPS) is 13.9. The van der Waals surface area contributed by atoms with Crippen LogP contribution in [0.5, 0.6) is 0 Å². The molecule has 0 bridgehead atoms. The largest absolute Gasteiger partial charge is 0.511 e. The van der Waals surface area contributed by atoms with Gasteiger partial charge in [-0.3, -0.25) is 4.79 Å². The highest BCUT2D eigenvalue weighted by molar-refractivity contribution is 14.1. The first-order valence-corrected chi connectivity index (χ1v) is 7.88. The first-order chi connectivity index (χ1) is 7.79. The maximum Gasteiger partial charge on any atom is 0.174 e. The molecule has 0 heterocycles. The number of rotatable bonds is 7. The average Bonchev–Trinajstić information content (AvgIpc) is 2.36. The fourth-order valence-corrected chi connectivity index (χ4v) is 1.85. The highest BCUT2D eigenvalue weighted by Gasteiger charge is 2.32. The van der Waals surface area contributed by atoms with Gasteiger partial charge in [0.1, 0.15) is 5.76 Å². The van der Waals surface area contributed by atoms with Gasteiger partial charge in [-0.2, -0.15) is 0 Å². The maximum absolute atomic E-state index is 12.2. The fourth-order valence-electron chi connectivity index (χ4n) is 1.61. The van der Waals surface area contributed by atoms with Gasteiger partial charge in [0.2, 0.25) is 0 Å². The van der Waals surface area contributed by atoms with Crippen LogP contribution in [0.3, 0.4) is 0 Å². The first-order valence-electron chi connectivity index (χ1n) is 6.23. The molecule has 0 saturated carbocycles. The number of allylic oxidation sites excluding steroid dienone is 2. The van der Waals surface area contributed by atoms with Crippen LogP contribution in [0, 0.1) is 0 Å². The number of aliphatic hydroxyl groups excluding tert-OH is 1. The SMILES string of the molecule is CCC(I)(CC)C(=O)/C=C(\O)C(P)(CC)CC. The Morgan fingerprint density at radius 3 is 1.88 bits per heavy atom. The summed E-state index contributed by atoms with van der Waals surface area (Å²) in [7, 11) is 2.67. The Balaban J connectivity index is 5.10. The van der Waals surface area contributed by atoms with Crippen LogP contribution in [0.25, 0.3) is 0 Å². The number of halogens is 1. The first kappa shape index (κ1) is 17.4. The Morgan fingerprint density at radius 1 is 1.18 bits per heavy atom. The Bertz CT molecular complexity index is 292. The van der Waals surface area contributed by atoms with E-state index in [4.69, 9.17) is 0 Å². The van der Waals surface area contributed by atoms with Gasteiger partial charge in [0.25, 0.3) is 0 Å². The number of hydrogen-bond donors (Lipinski definition) is 1. The van der Waals surface area contributed by atoms with Gasteiger partial charge in [0.05, 0.1) is 3.42 Å². The van der Waals surface area contributed by atoms with Crippen LogP contribution in [0.15, 0.2) is 11.8 Å². The Kier molecular flexibility index (Phi) is 7.23. The molecule has 0 rings (SSSR count). The van der Waals surface area contributed by atoms with Crippen molar-refractivity contribution in [2.45, 2.75) is 62.0 Å². The quantitative estimate of drug-likeness (QED) is 0.237. The third-order valence-electron chi connectivity index (χ3n) is 3.60. The Labute approximate surface area is 121 Å². The Hall–Kier alpha value is 0.370. The molecule has 1 atom stereocenters. The topological polar surface area (TPSA) is 37.3 Å². The minimum absolute atomic E-state index is 0.0225. The van der Waals surface area contributed by atoms with E-state index in [9.17, 15) is 9.90 Å². The standard InChI is InChI=1S/C13H24IO2P/c1-5-12(14,6-2)10(15)9-11(16)13(17,7-3)8-4/h9,16H,5-8,17H2,1-4H3/b11-9-. The van der Waals surface area contributed by atoms with Crippen LogP contribution in [-0.4, -0.2) is 19.5 Å². The molecule has 0 radical (unpaired) electrons. The predicted molar refractivity (Wildman–Crippen MR) is 86.1 cm³/mol. The molecule has 0 spiro atoms. The number of hydrogen-bond acceptors (Lipinski definition) is 2. The van der Waals surface area contributed by atoms with E-state index in [1.54, 1.807) is 0 Å². The van der Waals surface area contributed by atoms with Gasteiger partial charge in [0.15, 0.2) is 5.78 Å². The molecule has 0 aromatic heterocycles. The lowest BCUT2D eigenvalue weighted by atomic mass is 9.93. The predicted octanol–water partition coefficient (Wildman–Crippen LogP) is 4.43. The summed E-state index contributed by atoms with van der Waals surface area (Å²) in [6.45, 7) is 8.04. The molecule has 0 aromatic rings. The van der Waals surface area contributed by atoms with Gasteiger partial charge in [-0.15, -0.1) is 9.24 Å². The van der Waals surface area contributed by atoms with Gasteiger partial charge < -0.3 is 5.11 Å².